The van der Waals surface area contributed by atoms with Crippen molar-refractivity contribution in [1.82, 2.24) is 0 Å². The maximum Gasteiger partial charge on any atom is 2.00 e. The molecule has 0 aromatic heterocycles. The summed E-state index contributed by atoms with van der Waals surface area (Å²) in [6.45, 7) is 5.92. The SMILES string of the molecule is CC[N-]C.CC[N-]C.[Pd+2]. The summed E-state index contributed by atoms with van der Waals surface area (Å²) in [5, 5.41) is 7.47. The number of rotatable bonds is 2. The maximum atomic E-state index is 3.74. The molecule has 0 rings (SSSR count). The van der Waals surface area contributed by atoms with Crippen molar-refractivity contribution in [3.05, 3.63) is 10.6 Å². The quantitative estimate of drug-likeness (QED) is 0.640. The molecule has 0 saturated heterocycles. The van der Waals surface area contributed by atoms with Crippen LogP contribution in [0.15, 0.2) is 0 Å². The fourth-order valence-electron chi connectivity index (χ4n) is 0. The molecular weight excluding hydrogens is 206 g/mol. The number of hydrogen-bond donors (Lipinski definition) is 0. The van der Waals surface area contributed by atoms with E-state index in [0.29, 0.717) is 0 Å². The Morgan fingerprint density at radius 1 is 0.889 bits per heavy atom. The number of hydrogen-bond acceptors (Lipinski definition) is 0. The Labute approximate surface area is 72.4 Å². The zero-order valence-electron chi connectivity index (χ0n) is 6.62. The molecule has 2 nitrogen and oxygen atoms in total. The minimum atomic E-state index is 0. The molecular formula is C6H16N2Pd. The molecule has 0 atom stereocenters. The molecule has 0 fully saturated rings. The molecule has 0 spiro atoms. The Balaban J connectivity index is -0.0000000720. The van der Waals surface area contributed by atoms with E-state index in [1.165, 1.54) is 0 Å². The third-order valence-electron chi connectivity index (χ3n) is 0.632. The van der Waals surface area contributed by atoms with Gasteiger partial charge in [-0.05, 0) is 0 Å². The summed E-state index contributed by atoms with van der Waals surface area (Å²) >= 11 is 0. The molecule has 3 heteroatoms. The molecule has 0 heterocycles. The van der Waals surface area contributed by atoms with Crippen molar-refractivity contribution in [2.24, 2.45) is 0 Å². The molecule has 0 N–H and O–H groups in total. The van der Waals surface area contributed by atoms with E-state index in [4.69, 9.17) is 0 Å². The Morgan fingerprint density at radius 2 is 1.00 bits per heavy atom. The van der Waals surface area contributed by atoms with Crippen LogP contribution < -0.4 is 0 Å². The molecule has 0 aromatic carbocycles. The Hall–Kier alpha value is 0.582. The zero-order chi connectivity index (χ0) is 6.83. The van der Waals surface area contributed by atoms with E-state index in [1.807, 2.05) is 13.8 Å². The van der Waals surface area contributed by atoms with E-state index in [0.717, 1.165) is 13.1 Å². The van der Waals surface area contributed by atoms with Gasteiger partial charge >= 0.3 is 20.4 Å². The summed E-state index contributed by atoms with van der Waals surface area (Å²) in [5.41, 5.74) is 0. The van der Waals surface area contributed by atoms with E-state index >= 15 is 0 Å². The zero-order valence-corrected chi connectivity index (χ0v) is 8.18. The van der Waals surface area contributed by atoms with E-state index in [2.05, 4.69) is 10.6 Å². The van der Waals surface area contributed by atoms with Gasteiger partial charge in [0.2, 0.25) is 0 Å². The van der Waals surface area contributed by atoms with Crippen molar-refractivity contribution in [3.8, 4) is 0 Å². The first-order valence-corrected chi connectivity index (χ1v) is 2.94. The average molecular weight is 223 g/mol. The van der Waals surface area contributed by atoms with Crippen LogP contribution in [-0.4, -0.2) is 27.2 Å². The molecule has 0 aliphatic heterocycles. The van der Waals surface area contributed by atoms with Crippen molar-refractivity contribution in [3.63, 3.8) is 0 Å². The summed E-state index contributed by atoms with van der Waals surface area (Å²) < 4.78 is 0. The van der Waals surface area contributed by atoms with Crippen LogP contribution in [0.25, 0.3) is 10.6 Å². The standard InChI is InChI=1S/2C3H8N.Pd/c2*1-3-4-2;/h2*3H2,1-2H3;/q2*-1;+2. The van der Waals surface area contributed by atoms with Crippen LogP contribution in [0, 0.1) is 0 Å². The Bertz CT molecular complexity index is 19.0. The third-order valence-corrected chi connectivity index (χ3v) is 0.632. The van der Waals surface area contributed by atoms with Crippen molar-refractivity contribution < 1.29 is 20.4 Å². The van der Waals surface area contributed by atoms with Gasteiger partial charge in [0.05, 0.1) is 0 Å². The largest absolute Gasteiger partial charge is 2.00 e. The van der Waals surface area contributed by atoms with Gasteiger partial charge < -0.3 is 10.6 Å². The summed E-state index contributed by atoms with van der Waals surface area (Å²) in [7, 11) is 3.61. The predicted molar refractivity (Wildman–Crippen MR) is 39.6 cm³/mol. The minimum absolute atomic E-state index is 0. The fraction of sp³-hybridized carbons (Fsp3) is 1.00. The van der Waals surface area contributed by atoms with Crippen LogP contribution in [0.4, 0.5) is 0 Å². The van der Waals surface area contributed by atoms with Gasteiger partial charge in [-0.3, -0.25) is 0 Å². The first-order valence-electron chi connectivity index (χ1n) is 2.94. The van der Waals surface area contributed by atoms with E-state index in [9.17, 15) is 0 Å². The van der Waals surface area contributed by atoms with Gasteiger partial charge in [-0.1, -0.05) is 13.8 Å². The van der Waals surface area contributed by atoms with Crippen molar-refractivity contribution in [2.75, 3.05) is 27.2 Å². The second kappa shape index (κ2) is 23.5. The molecule has 9 heavy (non-hydrogen) atoms. The third kappa shape index (κ3) is 55.8. The minimum Gasteiger partial charge on any atom is -0.665 e. The van der Waals surface area contributed by atoms with Gasteiger partial charge in [0.25, 0.3) is 0 Å². The summed E-state index contributed by atoms with van der Waals surface area (Å²) in [5.74, 6) is 0. The topological polar surface area (TPSA) is 28.2 Å². The van der Waals surface area contributed by atoms with Crippen LogP contribution in [0.2, 0.25) is 0 Å². The van der Waals surface area contributed by atoms with Crippen LogP contribution in [0.5, 0.6) is 0 Å². The van der Waals surface area contributed by atoms with Crippen LogP contribution in [0.1, 0.15) is 13.8 Å². The summed E-state index contributed by atoms with van der Waals surface area (Å²) in [6.07, 6.45) is 0. The van der Waals surface area contributed by atoms with Crippen LogP contribution in [0.3, 0.4) is 0 Å². The van der Waals surface area contributed by atoms with Gasteiger partial charge in [-0.2, -0.15) is 27.2 Å². The van der Waals surface area contributed by atoms with Gasteiger partial charge in [0.1, 0.15) is 0 Å². The maximum absolute atomic E-state index is 3.74. The first-order chi connectivity index (χ1) is 3.83. The molecule has 0 bridgehead atoms. The molecule has 0 amide bonds. The van der Waals surface area contributed by atoms with Crippen molar-refractivity contribution in [1.29, 1.82) is 0 Å². The Morgan fingerprint density at radius 3 is 1.00 bits per heavy atom. The van der Waals surface area contributed by atoms with Gasteiger partial charge in [-0.15, -0.1) is 0 Å². The molecule has 0 saturated carbocycles. The van der Waals surface area contributed by atoms with Crippen LogP contribution >= 0.6 is 0 Å². The average Bonchev–Trinajstić information content (AvgIpc) is 1.88. The molecule has 0 unspecified atom stereocenters. The van der Waals surface area contributed by atoms with Gasteiger partial charge in [0.15, 0.2) is 0 Å². The second-order valence-electron chi connectivity index (χ2n) is 1.26. The normalized spacial score (nSPS) is 6.67. The molecule has 0 aliphatic rings. The fourth-order valence-corrected chi connectivity index (χ4v) is 0. The second-order valence-corrected chi connectivity index (χ2v) is 1.26. The smallest absolute Gasteiger partial charge is 0.665 e. The molecule has 0 aliphatic carbocycles. The summed E-state index contributed by atoms with van der Waals surface area (Å²) in [4.78, 5) is 0. The van der Waals surface area contributed by atoms with E-state index < -0.39 is 0 Å². The van der Waals surface area contributed by atoms with E-state index in [1.54, 1.807) is 14.1 Å². The monoisotopic (exact) mass is 222 g/mol. The van der Waals surface area contributed by atoms with Crippen molar-refractivity contribution in [2.45, 2.75) is 13.8 Å². The first kappa shape index (κ1) is 16.3. The summed E-state index contributed by atoms with van der Waals surface area (Å²) in [6, 6.07) is 0. The molecule has 0 aromatic rings. The predicted octanol–water partition coefficient (Wildman–Crippen LogP) is 2.02. The van der Waals surface area contributed by atoms with Gasteiger partial charge in [0, 0.05) is 0 Å². The van der Waals surface area contributed by atoms with E-state index in [-0.39, 0.29) is 20.4 Å². The van der Waals surface area contributed by atoms with Crippen molar-refractivity contribution >= 4 is 0 Å². The van der Waals surface area contributed by atoms with Crippen LogP contribution in [-0.2, 0) is 20.4 Å². The molecule has 60 valence electrons. The van der Waals surface area contributed by atoms with Gasteiger partial charge in [-0.25, -0.2) is 0 Å². The molecule has 0 radical (unpaired) electrons. The number of nitrogens with zero attached hydrogens (tertiary/aromatic N) is 2. The Kier molecular flexibility index (Phi) is 42.5.